The fraction of sp³-hybridized carbons (Fsp3) is 0.0588. The molecule has 0 saturated heterocycles. The summed E-state index contributed by atoms with van der Waals surface area (Å²) in [6.07, 6.45) is 1.51. The molecule has 0 aliphatic carbocycles. The lowest BCUT2D eigenvalue weighted by Gasteiger charge is -2.03. The number of hydrogen-bond acceptors (Lipinski definition) is 5. The summed E-state index contributed by atoms with van der Waals surface area (Å²) in [7, 11) is 1.59. The largest absolute Gasteiger partial charge is 0.497 e. The van der Waals surface area contributed by atoms with E-state index in [9.17, 15) is 9.59 Å². The van der Waals surface area contributed by atoms with Gasteiger partial charge in [-0.05, 0) is 35.9 Å². The van der Waals surface area contributed by atoms with Gasteiger partial charge in [0.15, 0.2) is 5.69 Å². The van der Waals surface area contributed by atoms with Gasteiger partial charge in [-0.15, -0.1) is 0 Å². The number of amides is 1. The molecule has 0 fully saturated rings. The number of benzene rings is 2. The van der Waals surface area contributed by atoms with Crippen LogP contribution in [-0.4, -0.2) is 29.4 Å². The first kappa shape index (κ1) is 15.4. The van der Waals surface area contributed by atoms with Gasteiger partial charge in [-0.3, -0.25) is 9.59 Å². The first-order valence-corrected chi connectivity index (χ1v) is 7.14. The third-order valence-electron chi connectivity index (χ3n) is 3.41. The molecule has 1 heterocycles. The zero-order valence-electron chi connectivity index (χ0n) is 12.8. The minimum atomic E-state index is -0.507. The van der Waals surface area contributed by atoms with Crippen LogP contribution in [-0.2, 0) is 0 Å². The summed E-state index contributed by atoms with van der Waals surface area (Å²) in [5.74, 6) is 0.229. The van der Waals surface area contributed by atoms with Crippen LogP contribution in [0.3, 0.4) is 0 Å². The molecule has 0 spiro atoms. The van der Waals surface area contributed by atoms with E-state index in [4.69, 9.17) is 4.74 Å². The van der Waals surface area contributed by atoms with E-state index in [-0.39, 0.29) is 11.3 Å². The first-order chi connectivity index (χ1) is 11.7. The third kappa shape index (κ3) is 3.14. The van der Waals surface area contributed by atoms with Crippen molar-refractivity contribution in [1.82, 2.24) is 15.6 Å². The van der Waals surface area contributed by atoms with Crippen LogP contribution in [0.25, 0.3) is 10.8 Å². The molecular weight excluding hydrogens is 308 g/mol. The zero-order valence-corrected chi connectivity index (χ0v) is 12.8. The quantitative estimate of drug-likeness (QED) is 0.564. The second-order valence-corrected chi connectivity index (χ2v) is 4.92. The van der Waals surface area contributed by atoms with E-state index < -0.39 is 5.91 Å². The Morgan fingerprint density at radius 1 is 1.17 bits per heavy atom. The number of rotatable bonds is 4. The van der Waals surface area contributed by atoms with E-state index >= 15 is 0 Å². The van der Waals surface area contributed by atoms with Crippen molar-refractivity contribution in [3.63, 3.8) is 0 Å². The number of carbonyl (C=O) groups excluding carboxylic acids is 1. The number of H-pyrrole nitrogens is 1. The number of carbonyl (C=O) groups is 1. The molecule has 1 aromatic heterocycles. The zero-order chi connectivity index (χ0) is 16.9. The molecule has 3 aromatic rings. The van der Waals surface area contributed by atoms with Gasteiger partial charge in [0.1, 0.15) is 5.75 Å². The standard InChI is InChI=1S/C17H14N4O3/c1-24-12-8-6-11(7-9-12)10-18-20-17(23)15-13-4-2-3-5-14(13)16(22)21-19-15/h2-10H,1H3,(H,20,23)(H,21,22)/b18-10-. The Balaban J connectivity index is 1.79. The number of hydrogen-bond donors (Lipinski definition) is 2. The first-order valence-electron chi connectivity index (χ1n) is 7.14. The average molecular weight is 322 g/mol. The molecule has 0 radical (unpaired) electrons. The van der Waals surface area contributed by atoms with Crippen molar-refractivity contribution in [3.05, 3.63) is 70.1 Å². The summed E-state index contributed by atoms with van der Waals surface area (Å²) in [5, 5.41) is 10.9. The van der Waals surface area contributed by atoms with Crippen molar-refractivity contribution >= 4 is 22.9 Å². The van der Waals surface area contributed by atoms with E-state index in [1.165, 1.54) is 6.21 Å². The van der Waals surface area contributed by atoms with Crippen LogP contribution in [0, 0.1) is 0 Å². The summed E-state index contributed by atoms with van der Waals surface area (Å²) in [4.78, 5) is 23.9. The number of aromatic amines is 1. The van der Waals surface area contributed by atoms with Crippen molar-refractivity contribution in [2.75, 3.05) is 7.11 Å². The minimum absolute atomic E-state index is 0.108. The number of aromatic nitrogens is 2. The maximum Gasteiger partial charge on any atom is 0.292 e. The Labute approximate surface area is 137 Å². The minimum Gasteiger partial charge on any atom is -0.497 e. The summed E-state index contributed by atoms with van der Waals surface area (Å²) in [5.41, 5.74) is 2.97. The molecule has 2 aromatic carbocycles. The number of hydrazone groups is 1. The summed E-state index contributed by atoms with van der Waals surface area (Å²) >= 11 is 0. The van der Waals surface area contributed by atoms with Gasteiger partial charge in [0.2, 0.25) is 0 Å². The predicted molar refractivity (Wildman–Crippen MR) is 90.4 cm³/mol. The molecule has 0 aliphatic rings. The lowest BCUT2D eigenvalue weighted by molar-refractivity contribution is 0.0951. The summed E-state index contributed by atoms with van der Waals surface area (Å²) in [6.45, 7) is 0. The highest BCUT2D eigenvalue weighted by Gasteiger charge is 2.12. The predicted octanol–water partition coefficient (Wildman–Crippen LogP) is 1.70. The highest BCUT2D eigenvalue weighted by Crippen LogP contribution is 2.12. The normalized spacial score (nSPS) is 10.9. The second kappa shape index (κ2) is 6.74. The van der Waals surface area contributed by atoms with Gasteiger partial charge >= 0.3 is 0 Å². The monoisotopic (exact) mass is 322 g/mol. The van der Waals surface area contributed by atoms with Gasteiger partial charge in [-0.1, -0.05) is 18.2 Å². The summed E-state index contributed by atoms with van der Waals surface area (Å²) < 4.78 is 5.07. The number of methoxy groups -OCH3 is 1. The molecule has 7 heteroatoms. The number of nitrogens with zero attached hydrogens (tertiary/aromatic N) is 2. The van der Waals surface area contributed by atoms with Crippen LogP contribution in [0.1, 0.15) is 16.1 Å². The molecule has 120 valence electrons. The highest BCUT2D eigenvalue weighted by molar-refractivity contribution is 6.04. The molecular formula is C17H14N4O3. The smallest absolute Gasteiger partial charge is 0.292 e. The highest BCUT2D eigenvalue weighted by atomic mass is 16.5. The van der Waals surface area contributed by atoms with Crippen molar-refractivity contribution < 1.29 is 9.53 Å². The number of nitrogens with one attached hydrogen (secondary N) is 2. The molecule has 0 unspecified atom stereocenters. The van der Waals surface area contributed by atoms with E-state index in [0.717, 1.165) is 11.3 Å². The second-order valence-electron chi connectivity index (χ2n) is 4.92. The van der Waals surface area contributed by atoms with E-state index in [1.807, 2.05) is 12.1 Å². The molecule has 0 atom stereocenters. The molecule has 2 N–H and O–H groups in total. The lowest BCUT2D eigenvalue weighted by Crippen LogP contribution is -2.22. The van der Waals surface area contributed by atoms with Crippen LogP contribution in [0.15, 0.2) is 58.4 Å². The molecule has 1 amide bonds. The Kier molecular flexibility index (Phi) is 4.33. The number of fused-ring (bicyclic) bond motifs is 1. The SMILES string of the molecule is COc1ccc(/C=N\NC(=O)c2n[nH]c(=O)c3ccccc23)cc1. The van der Waals surface area contributed by atoms with Crippen molar-refractivity contribution in [3.8, 4) is 5.75 Å². The maximum atomic E-state index is 12.2. The van der Waals surface area contributed by atoms with Gasteiger partial charge in [-0.25, -0.2) is 10.5 Å². The van der Waals surface area contributed by atoms with Crippen LogP contribution in [0.5, 0.6) is 5.75 Å². The molecule has 3 rings (SSSR count). The Morgan fingerprint density at radius 3 is 2.58 bits per heavy atom. The third-order valence-corrected chi connectivity index (χ3v) is 3.41. The van der Waals surface area contributed by atoms with Crippen LogP contribution < -0.4 is 15.7 Å². The topological polar surface area (TPSA) is 96.4 Å². The van der Waals surface area contributed by atoms with Gasteiger partial charge in [0, 0.05) is 5.39 Å². The Hall–Kier alpha value is -3.48. The lowest BCUT2D eigenvalue weighted by atomic mass is 10.1. The number of ether oxygens (including phenoxy) is 1. The van der Waals surface area contributed by atoms with Gasteiger partial charge in [0.25, 0.3) is 11.5 Å². The molecule has 0 saturated carbocycles. The molecule has 24 heavy (non-hydrogen) atoms. The fourth-order valence-electron chi connectivity index (χ4n) is 2.20. The molecule has 0 bridgehead atoms. The average Bonchev–Trinajstić information content (AvgIpc) is 2.63. The van der Waals surface area contributed by atoms with Crippen LogP contribution in [0.2, 0.25) is 0 Å². The molecule has 0 aliphatic heterocycles. The Morgan fingerprint density at radius 2 is 1.88 bits per heavy atom. The van der Waals surface area contributed by atoms with E-state index in [2.05, 4.69) is 20.7 Å². The van der Waals surface area contributed by atoms with E-state index in [0.29, 0.717) is 10.8 Å². The molecule has 7 nitrogen and oxygen atoms in total. The van der Waals surface area contributed by atoms with Crippen LogP contribution >= 0.6 is 0 Å². The van der Waals surface area contributed by atoms with Gasteiger partial charge < -0.3 is 4.74 Å². The van der Waals surface area contributed by atoms with Gasteiger partial charge in [0.05, 0.1) is 18.7 Å². The van der Waals surface area contributed by atoms with Crippen molar-refractivity contribution in [2.24, 2.45) is 5.10 Å². The van der Waals surface area contributed by atoms with Crippen molar-refractivity contribution in [1.29, 1.82) is 0 Å². The van der Waals surface area contributed by atoms with Crippen LogP contribution in [0.4, 0.5) is 0 Å². The summed E-state index contributed by atoms with van der Waals surface area (Å²) in [6, 6.07) is 14.0. The fourth-order valence-corrected chi connectivity index (χ4v) is 2.20. The maximum absolute atomic E-state index is 12.2. The van der Waals surface area contributed by atoms with E-state index in [1.54, 1.807) is 43.5 Å². The van der Waals surface area contributed by atoms with Crippen molar-refractivity contribution in [2.45, 2.75) is 0 Å². The van der Waals surface area contributed by atoms with Gasteiger partial charge in [-0.2, -0.15) is 10.2 Å². The Bertz CT molecular complexity index is 961.